The van der Waals surface area contributed by atoms with Crippen LogP contribution in [0, 0.1) is 5.82 Å². The van der Waals surface area contributed by atoms with Crippen LogP contribution in [0.1, 0.15) is 35.7 Å². The van der Waals surface area contributed by atoms with Gasteiger partial charge in [0.2, 0.25) is 11.8 Å². The molecule has 0 saturated carbocycles. The van der Waals surface area contributed by atoms with Gasteiger partial charge in [-0.2, -0.15) is 0 Å². The van der Waals surface area contributed by atoms with E-state index in [-0.39, 0.29) is 18.1 Å². The van der Waals surface area contributed by atoms with Gasteiger partial charge in [0.05, 0.1) is 12.8 Å². The summed E-state index contributed by atoms with van der Waals surface area (Å²) in [5.74, 6) is -0.144. The Balaban J connectivity index is 1.71. The molecule has 31 heavy (non-hydrogen) atoms. The molecule has 3 rings (SSSR count). The topological polar surface area (TPSA) is 72.4 Å². The predicted octanol–water partition coefficient (Wildman–Crippen LogP) is 4.48. The van der Waals surface area contributed by atoms with E-state index >= 15 is 0 Å². The molecule has 160 valence electrons. The third kappa shape index (κ3) is 5.12. The molecule has 0 aliphatic rings. The zero-order valence-corrected chi connectivity index (χ0v) is 17.8. The number of pyridine rings is 2. The summed E-state index contributed by atoms with van der Waals surface area (Å²) in [4.78, 5) is 34.2. The first kappa shape index (κ1) is 22.1. The number of carbonyl (C=O) groups is 2. The monoisotopic (exact) mass is 421 g/mol. The lowest BCUT2D eigenvalue weighted by molar-refractivity contribution is -0.118. The fraction of sp³-hybridized carbons (Fsp3) is 0.250. The number of ether oxygens (including phenoxy) is 1. The van der Waals surface area contributed by atoms with E-state index in [4.69, 9.17) is 4.74 Å². The first-order chi connectivity index (χ1) is 14.9. The summed E-state index contributed by atoms with van der Waals surface area (Å²) < 4.78 is 19.8. The number of nitrogens with zero attached hydrogens (tertiary/aromatic N) is 3. The van der Waals surface area contributed by atoms with Crippen LogP contribution in [-0.2, 0) is 11.2 Å². The third-order valence-corrected chi connectivity index (χ3v) is 5.04. The van der Waals surface area contributed by atoms with Gasteiger partial charge < -0.3 is 9.64 Å². The van der Waals surface area contributed by atoms with E-state index in [1.807, 2.05) is 6.07 Å². The maximum Gasteiger partial charge on any atom is 0.226 e. The van der Waals surface area contributed by atoms with E-state index < -0.39 is 5.82 Å². The minimum atomic E-state index is -0.483. The first-order valence-electron chi connectivity index (χ1n) is 9.98. The summed E-state index contributed by atoms with van der Waals surface area (Å²) in [5.41, 5.74) is 2.51. The molecule has 3 aromatic rings. The van der Waals surface area contributed by atoms with Gasteiger partial charge in [0.15, 0.2) is 5.78 Å². The molecule has 0 spiro atoms. The van der Waals surface area contributed by atoms with Crippen molar-refractivity contribution >= 4 is 17.4 Å². The molecule has 0 aliphatic carbocycles. The highest BCUT2D eigenvalue weighted by Gasteiger charge is 2.14. The highest BCUT2D eigenvalue weighted by Crippen LogP contribution is 2.26. The molecule has 2 aromatic heterocycles. The zero-order chi connectivity index (χ0) is 22.4. The number of rotatable bonds is 8. The largest absolute Gasteiger partial charge is 0.481 e. The van der Waals surface area contributed by atoms with Crippen LogP contribution >= 0.6 is 0 Å². The number of hydrogen-bond donors (Lipinski definition) is 0. The number of hydrogen-bond acceptors (Lipinski definition) is 5. The van der Waals surface area contributed by atoms with E-state index in [9.17, 15) is 14.0 Å². The van der Waals surface area contributed by atoms with Crippen molar-refractivity contribution in [2.45, 2.75) is 26.2 Å². The zero-order valence-electron chi connectivity index (χ0n) is 17.8. The number of aromatic nitrogens is 2. The fourth-order valence-corrected chi connectivity index (χ4v) is 3.21. The molecule has 0 N–H and O–H groups in total. The number of benzene rings is 1. The van der Waals surface area contributed by atoms with Crippen molar-refractivity contribution in [3.05, 3.63) is 71.8 Å². The van der Waals surface area contributed by atoms with Crippen molar-refractivity contribution < 1.29 is 18.7 Å². The molecular weight excluding hydrogens is 397 g/mol. The normalized spacial score (nSPS) is 10.6. The Hall–Kier alpha value is -3.61. The van der Waals surface area contributed by atoms with Crippen molar-refractivity contribution in [3.63, 3.8) is 0 Å². The molecular formula is C24H24FN3O3. The number of amides is 1. The molecule has 0 atom stereocenters. The van der Waals surface area contributed by atoms with Gasteiger partial charge in [-0.05, 0) is 42.8 Å². The van der Waals surface area contributed by atoms with Gasteiger partial charge in [0, 0.05) is 54.7 Å². The minimum absolute atomic E-state index is 0.0690. The number of methoxy groups -OCH3 is 1. The molecule has 0 bridgehead atoms. The van der Waals surface area contributed by atoms with Gasteiger partial charge in [-0.3, -0.25) is 14.6 Å². The van der Waals surface area contributed by atoms with Gasteiger partial charge in [0.1, 0.15) is 5.82 Å². The van der Waals surface area contributed by atoms with Crippen LogP contribution in [0.15, 0.2) is 54.9 Å². The molecule has 0 aliphatic heterocycles. The van der Waals surface area contributed by atoms with Gasteiger partial charge in [0.25, 0.3) is 0 Å². The molecule has 1 aromatic carbocycles. The summed E-state index contributed by atoms with van der Waals surface area (Å²) in [6.07, 6.45) is 4.21. The number of carbonyl (C=O) groups excluding carboxylic acids is 2. The van der Waals surface area contributed by atoms with E-state index in [1.165, 1.54) is 17.2 Å². The SMILES string of the molecule is CCC(=O)N(C)c1ccc(-c2ccc(C(=O)CCc3cccnc3OC)cn2)c(F)c1. The van der Waals surface area contributed by atoms with Crippen LogP contribution in [0.4, 0.5) is 10.1 Å². The second-order valence-electron chi connectivity index (χ2n) is 7.00. The highest BCUT2D eigenvalue weighted by atomic mass is 19.1. The van der Waals surface area contributed by atoms with Gasteiger partial charge >= 0.3 is 0 Å². The van der Waals surface area contributed by atoms with Crippen LogP contribution in [0.2, 0.25) is 0 Å². The lowest BCUT2D eigenvalue weighted by Gasteiger charge is -2.17. The van der Waals surface area contributed by atoms with Crippen molar-refractivity contribution in [1.29, 1.82) is 0 Å². The highest BCUT2D eigenvalue weighted by molar-refractivity contribution is 5.96. The van der Waals surface area contributed by atoms with Crippen LogP contribution in [0.5, 0.6) is 5.88 Å². The van der Waals surface area contributed by atoms with Crippen LogP contribution in [-0.4, -0.2) is 35.8 Å². The van der Waals surface area contributed by atoms with E-state index in [2.05, 4.69) is 9.97 Å². The second kappa shape index (κ2) is 9.93. The van der Waals surface area contributed by atoms with Gasteiger partial charge in [-0.15, -0.1) is 0 Å². The maximum atomic E-state index is 14.6. The summed E-state index contributed by atoms with van der Waals surface area (Å²) in [6, 6.07) is 11.5. The summed E-state index contributed by atoms with van der Waals surface area (Å²) in [6.45, 7) is 1.75. The van der Waals surface area contributed by atoms with Crippen molar-refractivity contribution in [1.82, 2.24) is 9.97 Å². The molecule has 1 amide bonds. The predicted molar refractivity (Wildman–Crippen MR) is 117 cm³/mol. The van der Waals surface area contributed by atoms with Crippen LogP contribution in [0.3, 0.4) is 0 Å². The quantitative estimate of drug-likeness (QED) is 0.502. The molecule has 7 heteroatoms. The molecule has 0 saturated heterocycles. The lowest BCUT2D eigenvalue weighted by Crippen LogP contribution is -2.25. The summed E-state index contributed by atoms with van der Waals surface area (Å²) in [7, 11) is 3.15. The Labute approximate surface area is 180 Å². The van der Waals surface area contributed by atoms with E-state index in [1.54, 1.807) is 57.6 Å². The van der Waals surface area contributed by atoms with Gasteiger partial charge in [-0.25, -0.2) is 9.37 Å². The Kier molecular flexibility index (Phi) is 7.07. The Bertz CT molecular complexity index is 1080. The fourth-order valence-electron chi connectivity index (χ4n) is 3.21. The first-order valence-corrected chi connectivity index (χ1v) is 9.98. The smallest absolute Gasteiger partial charge is 0.226 e. The lowest BCUT2D eigenvalue weighted by atomic mass is 10.0. The number of anilines is 1. The number of aryl methyl sites for hydroxylation is 1. The number of Topliss-reactive ketones (excluding diaryl/α,β-unsaturated/α-hetero) is 1. The molecule has 0 unspecified atom stereocenters. The standard InChI is InChI=1S/C24H24FN3O3/c1-4-23(30)28(2)18-9-10-19(20(25)14-18)21-11-7-17(15-27-21)22(29)12-8-16-6-5-13-26-24(16)31-3/h5-7,9-11,13-15H,4,8,12H2,1-3H3. The Morgan fingerprint density at radius 1 is 1.13 bits per heavy atom. The summed E-state index contributed by atoms with van der Waals surface area (Å²) in [5, 5.41) is 0. The average Bonchev–Trinajstić information content (AvgIpc) is 2.81. The molecule has 2 heterocycles. The van der Waals surface area contributed by atoms with Crippen LogP contribution < -0.4 is 9.64 Å². The third-order valence-electron chi connectivity index (χ3n) is 5.04. The minimum Gasteiger partial charge on any atom is -0.481 e. The Morgan fingerprint density at radius 3 is 2.58 bits per heavy atom. The second-order valence-corrected chi connectivity index (χ2v) is 7.00. The Morgan fingerprint density at radius 2 is 1.94 bits per heavy atom. The van der Waals surface area contributed by atoms with Crippen molar-refractivity contribution in [2.24, 2.45) is 0 Å². The molecule has 0 radical (unpaired) electrons. The van der Waals surface area contributed by atoms with E-state index in [0.29, 0.717) is 41.2 Å². The van der Waals surface area contributed by atoms with Crippen molar-refractivity contribution in [3.8, 4) is 17.1 Å². The average molecular weight is 421 g/mol. The van der Waals surface area contributed by atoms with Gasteiger partial charge in [-0.1, -0.05) is 13.0 Å². The molecule has 0 fully saturated rings. The number of halogens is 1. The van der Waals surface area contributed by atoms with Crippen LogP contribution in [0.25, 0.3) is 11.3 Å². The number of ketones is 1. The maximum absolute atomic E-state index is 14.6. The molecule has 6 nitrogen and oxygen atoms in total. The van der Waals surface area contributed by atoms with E-state index in [0.717, 1.165) is 5.56 Å². The van der Waals surface area contributed by atoms with Crippen molar-refractivity contribution in [2.75, 3.05) is 19.1 Å². The summed E-state index contributed by atoms with van der Waals surface area (Å²) >= 11 is 0.